The Kier molecular flexibility index (Phi) is 11.5. The lowest BCUT2D eigenvalue weighted by molar-refractivity contribution is 0.0981. The average Bonchev–Trinajstić information content (AvgIpc) is 2.79. The lowest BCUT2D eigenvalue weighted by Gasteiger charge is -2.26. The lowest BCUT2D eigenvalue weighted by atomic mass is 10.0. The molecular formula is C25H36ClNO5. The molecule has 6 nitrogen and oxygen atoms in total. The van der Waals surface area contributed by atoms with Crippen molar-refractivity contribution in [3.8, 4) is 17.2 Å². The molecule has 0 saturated heterocycles. The van der Waals surface area contributed by atoms with Crippen LogP contribution in [0.1, 0.15) is 49.5 Å². The van der Waals surface area contributed by atoms with Crippen molar-refractivity contribution in [2.24, 2.45) is 0 Å². The van der Waals surface area contributed by atoms with E-state index in [1.54, 1.807) is 32.4 Å². The number of methoxy groups -OCH3 is 2. The molecule has 2 aromatic rings. The zero-order valence-electron chi connectivity index (χ0n) is 19.6. The zero-order chi connectivity index (χ0) is 22.9. The number of aliphatic hydroxyl groups excluding tert-OH is 1. The Morgan fingerprint density at radius 3 is 2.47 bits per heavy atom. The molecule has 0 fully saturated rings. The largest absolute Gasteiger partial charge is 0.493 e. The van der Waals surface area contributed by atoms with Crippen molar-refractivity contribution in [3.05, 3.63) is 53.6 Å². The van der Waals surface area contributed by atoms with Gasteiger partial charge in [0, 0.05) is 24.1 Å². The van der Waals surface area contributed by atoms with Gasteiger partial charge in [0.05, 0.1) is 14.2 Å². The van der Waals surface area contributed by atoms with Crippen LogP contribution < -0.4 is 19.5 Å². The van der Waals surface area contributed by atoms with Gasteiger partial charge in [-0.25, -0.2) is 0 Å². The minimum Gasteiger partial charge on any atom is -0.493 e. The van der Waals surface area contributed by atoms with Gasteiger partial charge in [-0.05, 0) is 62.6 Å². The van der Waals surface area contributed by atoms with E-state index >= 15 is 0 Å². The van der Waals surface area contributed by atoms with Gasteiger partial charge in [-0.1, -0.05) is 19.1 Å². The molecule has 7 heteroatoms. The fourth-order valence-electron chi connectivity index (χ4n) is 2.97. The quantitative estimate of drug-likeness (QED) is 0.425. The van der Waals surface area contributed by atoms with Crippen molar-refractivity contribution in [1.29, 1.82) is 0 Å². The van der Waals surface area contributed by atoms with Gasteiger partial charge in [0.1, 0.15) is 18.5 Å². The second kappa shape index (κ2) is 13.3. The Balaban J connectivity index is 0.00000512. The van der Waals surface area contributed by atoms with Gasteiger partial charge >= 0.3 is 0 Å². The molecular weight excluding hydrogens is 430 g/mol. The van der Waals surface area contributed by atoms with Gasteiger partial charge in [0.15, 0.2) is 17.3 Å². The number of aliphatic hydroxyl groups is 1. The SMILES string of the molecule is CCC(C)(C)NCC(O)COc1cccc(CCC(=O)c2ccc(OC)c(OC)c2)c1.Cl. The molecule has 178 valence electrons. The molecule has 0 heterocycles. The fraction of sp³-hybridized carbons (Fsp3) is 0.480. The summed E-state index contributed by atoms with van der Waals surface area (Å²) < 4.78 is 16.2. The van der Waals surface area contributed by atoms with E-state index in [-0.39, 0.29) is 30.3 Å². The Morgan fingerprint density at radius 2 is 1.81 bits per heavy atom. The third-order valence-corrected chi connectivity index (χ3v) is 5.39. The maximum absolute atomic E-state index is 12.6. The van der Waals surface area contributed by atoms with Crippen molar-refractivity contribution < 1.29 is 24.1 Å². The van der Waals surface area contributed by atoms with Crippen molar-refractivity contribution >= 4 is 18.2 Å². The number of hydrogen-bond acceptors (Lipinski definition) is 6. The van der Waals surface area contributed by atoms with Crippen LogP contribution in [0.25, 0.3) is 0 Å². The van der Waals surface area contributed by atoms with E-state index in [0.29, 0.717) is 42.2 Å². The number of carbonyl (C=O) groups is 1. The van der Waals surface area contributed by atoms with Gasteiger partial charge in [0.25, 0.3) is 0 Å². The highest BCUT2D eigenvalue weighted by Gasteiger charge is 2.16. The van der Waals surface area contributed by atoms with Crippen LogP contribution in [0, 0.1) is 0 Å². The third-order valence-electron chi connectivity index (χ3n) is 5.39. The topological polar surface area (TPSA) is 77.0 Å². The summed E-state index contributed by atoms with van der Waals surface area (Å²) in [6, 6.07) is 12.8. The third kappa shape index (κ3) is 8.69. The number of rotatable bonds is 13. The number of nitrogens with one attached hydrogen (secondary N) is 1. The van der Waals surface area contributed by atoms with Crippen LogP contribution in [0.3, 0.4) is 0 Å². The van der Waals surface area contributed by atoms with Crippen molar-refractivity contribution in [1.82, 2.24) is 5.32 Å². The molecule has 1 atom stereocenters. The molecule has 0 amide bonds. The van der Waals surface area contributed by atoms with E-state index in [0.717, 1.165) is 12.0 Å². The first-order chi connectivity index (χ1) is 14.8. The maximum Gasteiger partial charge on any atom is 0.163 e. The van der Waals surface area contributed by atoms with Crippen LogP contribution >= 0.6 is 12.4 Å². The van der Waals surface area contributed by atoms with Crippen LogP contribution in [-0.2, 0) is 6.42 Å². The molecule has 0 bridgehead atoms. The lowest BCUT2D eigenvalue weighted by Crippen LogP contribution is -2.44. The number of ether oxygens (including phenoxy) is 3. The summed E-state index contributed by atoms with van der Waals surface area (Å²) in [6.45, 7) is 7.00. The summed E-state index contributed by atoms with van der Waals surface area (Å²) in [4.78, 5) is 12.6. The minimum atomic E-state index is -0.596. The Labute approximate surface area is 197 Å². The van der Waals surface area contributed by atoms with Gasteiger partial charge in [-0.2, -0.15) is 0 Å². The first-order valence-corrected chi connectivity index (χ1v) is 10.7. The molecule has 0 radical (unpaired) electrons. The van der Waals surface area contributed by atoms with E-state index < -0.39 is 6.10 Å². The zero-order valence-corrected chi connectivity index (χ0v) is 20.5. The molecule has 0 aliphatic rings. The first kappa shape index (κ1) is 27.8. The number of aryl methyl sites for hydroxylation is 1. The molecule has 0 saturated carbocycles. The number of carbonyl (C=O) groups excluding carboxylic acids is 1. The molecule has 2 rings (SSSR count). The number of benzene rings is 2. The van der Waals surface area contributed by atoms with Gasteiger partial charge < -0.3 is 24.6 Å². The van der Waals surface area contributed by atoms with Crippen molar-refractivity contribution in [2.75, 3.05) is 27.4 Å². The monoisotopic (exact) mass is 465 g/mol. The minimum absolute atomic E-state index is 0. The van der Waals surface area contributed by atoms with Crippen LogP contribution in [0.15, 0.2) is 42.5 Å². The summed E-state index contributed by atoms with van der Waals surface area (Å²) in [5.74, 6) is 1.86. The van der Waals surface area contributed by atoms with E-state index in [2.05, 4.69) is 26.1 Å². The van der Waals surface area contributed by atoms with E-state index in [1.165, 1.54) is 0 Å². The number of ketones is 1. The second-order valence-electron chi connectivity index (χ2n) is 8.22. The van der Waals surface area contributed by atoms with Crippen LogP contribution in [0.4, 0.5) is 0 Å². The van der Waals surface area contributed by atoms with E-state index in [9.17, 15) is 9.90 Å². The maximum atomic E-state index is 12.6. The summed E-state index contributed by atoms with van der Waals surface area (Å²) in [7, 11) is 3.12. The van der Waals surface area contributed by atoms with Crippen LogP contribution in [0.2, 0.25) is 0 Å². The Morgan fingerprint density at radius 1 is 1.09 bits per heavy atom. The van der Waals surface area contributed by atoms with Crippen molar-refractivity contribution in [3.63, 3.8) is 0 Å². The van der Waals surface area contributed by atoms with Gasteiger partial charge in [0.2, 0.25) is 0 Å². The number of hydrogen-bond donors (Lipinski definition) is 2. The second-order valence-corrected chi connectivity index (χ2v) is 8.22. The van der Waals surface area contributed by atoms with Gasteiger partial charge in [-0.3, -0.25) is 4.79 Å². The molecule has 0 spiro atoms. The summed E-state index contributed by atoms with van der Waals surface area (Å²) in [5.41, 5.74) is 1.59. The fourth-order valence-corrected chi connectivity index (χ4v) is 2.97. The average molecular weight is 466 g/mol. The van der Waals surface area contributed by atoms with Crippen molar-refractivity contribution in [2.45, 2.75) is 51.7 Å². The molecule has 2 N–H and O–H groups in total. The standard InChI is InChI=1S/C25H35NO5.ClH/c1-6-25(2,3)26-16-20(27)17-31-21-9-7-8-18(14-21)10-12-22(28)19-11-13-23(29-4)24(15-19)30-5;/h7-9,11,13-15,20,26-27H,6,10,12,16-17H2,1-5H3;1H. The first-order valence-electron chi connectivity index (χ1n) is 10.7. The molecule has 0 aliphatic carbocycles. The molecule has 2 aromatic carbocycles. The Hall–Kier alpha value is -2.28. The van der Waals surface area contributed by atoms with Crippen LogP contribution in [-0.4, -0.2) is 49.9 Å². The number of halogens is 1. The molecule has 0 aromatic heterocycles. The number of Topliss-reactive ketones (excluding diaryl/α,β-unsaturated/α-hetero) is 1. The molecule has 0 aliphatic heterocycles. The molecule has 32 heavy (non-hydrogen) atoms. The van der Waals surface area contributed by atoms with Crippen LogP contribution in [0.5, 0.6) is 17.2 Å². The summed E-state index contributed by atoms with van der Waals surface area (Å²) >= 11 is 0. The normalized spacial score (nSPS) is 11.9. The van der Waals surface area contributed by atoms with E-state index in [1.807, 2.05) is 24.3 Å². The predicted octanol–water partition coefficient (Wildman–Crippen LogP) is 4.46. The summed E-state index contributed by atoms with van der Waals surface area (Å²) in [6.07, 6.45) is 1.35. The molecule has 1 unspecified atom stereocenters. The smallest absolute Gasteiger partial charge is 0.163 e. The number of β-amino-alcohol motifs (C(OH)–C–C–N with tert-alkyl or cyclic N) is 1. The highest BCUT2D eigenvalue weighted by atomic mass is 35.5. The highest BCUT2D eigenvalue weighted by molar-refractivity contribution is 5.96. The highest BCUT2D eigenvalue weighted by Crippen LogP contribution is 2.28. The Bertz CT molecular complexity index is 856. The van der Waals surface area contributed by atoms with E-state index in [4.69, 9.17) is 14.2 Å². The predicted molar refractivity (Wildman–Crippen MR) is 130 cm³/mol. The summed E-state index contributed by atoms with van der Waals surface area (Å²) in [5, 5.41) is 13.5. The van der Waals surface area contributed by atoms with Gasteiger partial charge in [-0.15, -0.1) is 12.4 Å².